The van der Waals surface area contributed by atoms with Crippen LogP contribution in [0.25, 0.3) is 0 Å². The molecule has 1 aromatic rings. The van der Waals surface area contributed by atoms with Gasteiger partial charge in [0.2, 0.25) is 0 Å². The van der Waals surface area contributed by atoms with Gasteiger partial charge >= 0.3 is 12.1 Å². The van der Waals surface area contributed by atoms with Crippen LogP contribution in [-0.4, -0.2) is 79.8 Å². The number of carbonyl (C=O) groups excluding carboxylic acids is 3. The van der Waals surface area contributed by atoms with Crippen LogP contribution in [0, 0.1) is 5.82 Å². The Morgan fingerprint density at radius 1 is 1.27 bits per heavy atom. The Hall–Kier alpha value is -2.95. The van der Waals surface area contributed by atoms with Crippen LogP contribution in [0.2, 0.25) is 0 Å². The third kappa shape index (κ3) is 6.53. The fourth-order valence-corrected chi connectivity index (χ4v) is 4.04. The normalized spacial score (nSPS) is 18.2. The molecule has 180 valence electrons. The van der Waals surface area contributed by atoms with E-state index in [0.717, 1.165) is 17.8 Å². The maximum atomic E-state index is 14.9. The Morgan fingerprint density at radius 3 is 2.64 bits per heavy atom. The Kier molecular flexibility index (Phi) is 8.43. The number of carbonyl (C=O) groups is 3. The number of anilines is 2. The van der Waals surface area contributed by atoms with Gasteiger partial charge in [0.05, 0.1) is 29.5 Å². The number of nitrogens with zero attached hydrogens (tertiary/aromatic N) is 3. The minimum Gasteiger partial charge on any atom is -0.456 e. The quantitative estimate of drug-likeness (QED) is 0.447. The summed E-state index contributed by atoms with van der Waals surface area (Å²) in [5.74, 6) is -1.23. The van der Waals surface area contributed by atoms with Crippen molar-refractivity contribution >= 4 is 46.6 Å². The molecule has 0 spiro atoms. The Morgan fingerprint density at radius 2 is 2.00 bits per heavy atom. The minimum atomic E-state index is -0.518. The van der Waals surface area contributed by atoms with E-state index in [0.29, 0.717) is 50.6 Å². The van der Waals surface area contributed by atoms with Gasteiger partial charge < -0.3 is 24.6 Å². The lowest BCUT2D eigenvalue weighted by atomic mass is 10.2. The maximum Gasteiger partial charge on any atom is 0.414 e. The Bertz CT molecular complexity index is 907. The number of ether oxygens (including phenoxy) is 2. The standard InChI is InChI=1S/C22H29FN4O5S/c1-3-4-20(33)24-12-17-13-27(22(30)32-17)16-5-6-19(18(23)11-16)25-7-9-26(10-8-25)21(29)14-31-15(2)28/h5-6,11,17H,3-4,7-10,12-14H2,1-2H3,(H,24,33). The third-order valence-corrected chi connectivity index (χ3v) is 5.84. The van der Waals surface area contributed by atoms with E-state index in [4.69, 9.17) is 21.7 Å². The molecule has 9 nitrogen and oxygen atoms in total. The van der Waals surface area contributed by atoms with Gasteiger partial charge in [-0.25, -0.2) is 9.18 Å². The highest BCUT2D eigenvalue weighted by atomic mass is 32.1. The zero-order valence-corrected chi connectivity index (χ0v) is 19.7. The number of halogens is 1. The molecule has 2 saturated heterocycles. The number of nitrogens with one attached hydrogen (secondary N) is 1. The fourth-order valence-electron chi connectivity index (χ4n) is 3.75. The van der Waals surface area contributed by atoms with E-state index >= 15 is 0 Å². The molecule has 0 radical (unpaired) electrons. The number of thiocarbonyl (C=S) groups is 1. The highest BCUT2D eigenvalue weighted by Crippen LogP contribution is 2.28. The fraction of sp³-hybridized carbons (Fsp3) is 0.545. The number of rotatable bonds is 8. The van der Waals surface area contributed by atoms with Gasteiger partial charge in [0, 0.05) is 33.1 Å². The number of hydrogen-bond donors (Lipinski definition) is 1. The van der Waals surface area contributed by atoms with Gasteiger partial charge in [-0.1, -0.05) is 19.1 Å². The van der Waals surface area contributed by atoms with E-state index in [1.165, 1.54) is 17.9 Å². The van der Waals surface area contributed by atoms with Gasteiger partial charge in [-0.2, -0.15) is 0 Å². The molecule has 2 amide bonds. The lowest BCUT2D eigenvalue weighted by molar-refractivity contribution is -0.150. The van der Waals surface area contributed by atoms with Crippen LogP contribution in [0.5, 0.6) is 0 Å². The van der Waals surface area contributed by atoms with Gasteiger partial charge in [0.1, 0.15) is 11.9 Å². The number of amides is 2. The predicted molar refractivity (Wildman–Crippen MR) is 125 cm³/mol. The summed E-state index contributed by atoms with van der Waals surface area (Å²) >= 11 is 5.22. The number of piperazine rings is 1. The van der Waals surface area contributed by atoms with Crippen molar-refractivity contribution in [2.45, 2.75) is 32.8 Å². The van der Waals surface area contributed by atoms with Gasteiger partial charge in [-0.3, -0.25) is 14.5 Å². The van der Waals surface area contributed by atoms with E-state index in [9.17, 15) is 18.8 Å². The van der Waals surface area contributed by atoms with Crippen LogP contribution >= 0.6 is 12.2 Å². The van der Waals surface area contributed by atoms with Gasteiger partial charge in [0.15, 0.2) is 6.61 Å². The molecule has 0 bridgehead atoms. The summed E-state index contributed by atoms with van der Waals surface area (Å²) in [5.41, 5.74) is 0.830. The van der Waals surface area contributed by atoms with Gasteiger partial charge in [-0.15, -0.1) is 0 Å². The highest BCUT2D eigenvalue weighted by Gasteiger charge is 2.33. The molecule has 0 saturated carbocycles. The molecular weight excluding hydrogens is 451 g/mol. The van der Waals surface area contributed by atoms with Crippen molar-refractivity contribution in [3.05, 3.63) is 24.0 Å². The molecular formula is C22H29FN4O5S. The predicted octanol–water partition coefficient (Wildman–Crippen LogP) is 2.08. The molecule has 0 aliphatic carbocycles. The topological polar surface area (TPSA) is 91.4 Å². The van der Waals surface area contributed by atoms with E-state index < -0.39 is 17.9 Å². The second-order valence-corrected chi connectivity index (χ2v) is 8.45. The zero-order chi connectivity index (χ0) is 24.0. The average molecular weight is 481 g/mol. The van der Waals surface area contributed by atoms with Gasteiger partial charge in [-0.05, 0) is 31.0 Å². The second-order valence-electron chi connectivity index (χ2n) is 7.95. The Labute approximate surface area is 197 Å². The molecule has 1 atom stereocenters. The molecule has 2 aliphatic heterocycles. The summed E-state index contributed by atoms with van der Waals surface area (Å²) in [4.78, 5) is 40.8. The summed E-state index contributed by atoms with van der Waals surface area (Å²) in [5, 5.41) is 3.10. The first-order valence-electron chi connectivity index (χ1n) is 11.0. The van der Waals surface area contributed by atoms with Crippen molar-refractivity contribution in [1.82, 2.24) is 10.2 Å². The van der Waals surface area contributed by atoms with Gasteiger partial charge in [0.25, 0.3) is 5.91 Å². The molecule has 1 unspecified atom stereocenters. The van der Waals surface area contributed by atoms with Crippen LogP contribution in [0.15, 0.2) is 18.2 Å². The van der Waals surface area contributed by atoms with Crippen LogP contribution < -0.4 is 15.1 Å². The zero-order valence-electron chi connectivity index (χ0n) is 18.8. The summed E-state index contributed by atoms with van der Waals surface area (Å²) < 4.78 is 25.1. The maximum absolute atomic E-state index is 14.9. The summed E-state index contributed by atoms with van der Waals surface area (Å²) in [7, 11) is 0. The van der Waals surface area contributed by atoms with Crippen molar-refractivity contribution in [2.24, 2.45) is 0 Å². The van der Waals surface area contributed by atoms with Crippen molar-refractivity contribution in [1.29, 1.82) is 0 Å². The molecule has 33 heavy (non-hydrogen) atoms. The van der Waals surface area contributed by atoms with Crippen molar-refractivity contribution in [3.63, 3.8) is 0 Å². The largest absolute Gasteiger partial charge is 0.456 e. The minimum absolute atomic E-state index is 0.271. The summed E-state index contributed by atoms with van der Waals surface area (Å²) in [6, 6.07) is 4.65. The van der Waals surface area contributed by atoms with Crippen molar-refractivity contribution in [3.8, 4) is 0 Å². The first kappa shape index (κ1) is 24.7. The van der Waals surface area contributed by atoms with Crippen LogP contribution in [-0.2, 0) is 19.1 Å². The first-order valence-corrected chi connectivity index (χ1v) is 11.4. The molecule has 1 aromatic carbocycles. The SMILES string of the molecule is CCCC(=S)NCC1CN(c2ccc(N3CCN(C(=O)COC(C)=O)CC3)c(F)c2)C(=O)O1. The lowest BCUT2D eigenvalue weighted by Gasteiger charge is -2.36. The second kappa shape index (κ2) is 11.3. The highest BCUT2D eigenvalue weighted by molar-refractivity contribution is 7.80. The van der Waals surface area contributed by atoms with Crippen molar-refractivity contribution in [2.75, 3.05) is 55.7 Å². The number of cyclic esters (lactones) is 1. The van der Waals surface area contributed by atoms with Crippen LogP contribution in [0.1, 0.15) is 26.7 Å². The van der Waals surface area contributed by atoms with E-state index in [2.05, 4.69) is 5.32 Å². The number of hydrogen-bond acceptors (Lipinski definition) is 7. The molecule has 11 heteroatoms. The van der Waals surface area contributed by atoms with Crippen LogP contribution in [0.3, 0.4) is 0 Å². The van der Waals surface area contributed by atoms with E-state index in [-0.39, 0.29) is 18.6 Å². The molecule has 3 rings (SSSR count). The third-order valence-electron chi connectivity index (χ3n) is 5.49. The Balaban J connectivity index is 1.55. The molecule has 2 fully saturated rings. The lowest BCUT2D eigenvalue weighted by Crippen LogP contribution is -2.50. The molecule has 2 heterocycles. The monoisotopic (exact) mass is 480 g/mol. The molecule has 2 aliphatic rings. The summed E-state index contributed by atoms with van der Waals surface area (Å²) in [6.45, 7) is 5.41. The number of benzene rings is 1. The first-order chi connectivity index (χ1) is 15.8. The van der Waals surface area contributed by atoms with E-state index in [1.807, 2.05) is 11.8 Å². The number of esters is 1. The molecule has 0 aromatic heterocycles. The van der Waals surface area contributed by atoms with Crippen molar-refractivity contribution < 1.29 is 28.2 Å². The summed E-state index contributed by atoms with van der Waals surface area (Å²) in [6.07, 6.45) is 0.831. The molecule has 1 N–H and O–H groups in total. The smallest absolute Gasteiger partial charge is 0.414 e. The van der Waals surface area contributed by atoms with Crippen LogP contribution in [0.4, 0.5) is 20.6 Å². The average Bonchev–Trinajstić information content (AvgIpc) is 3.17. The van der Waals surface area contributed by atoms with E-state index in [1.54, 1.807) is 17.0 Å².